The Labute approximate surface area is 56.2 Å². The van der Waals surface area contributed by atoms with E-state index in [0.29, 0.717) is 0 Å². The first kappa shape index (κ1) is 7.76. The summed E-state index contributed by atoms with van der Waals surface area (Å²) in [6.07, 6.45) is 2.11. The fourth-order valence-corrected chi connectivity index (χ4v) is 0.767. The van der Waals surface area contributed by atoms with Gasteiger partial charge in [-0.3, -0.25) is 9.48 Å². The number of halogens is 1. The summed E-state index contributed by atoms with van der Waals surface area (Å²) in [5, 5.41) is 0. The summed E-state index contributed by atoms with van der Waals surface area (Å²) < 4.78 is 2.18. The third-order valence-electron chi connectivity index (χ3n) is 1.20. The van der Waals surface area contributed by atoms with Crippen molar-refractivity contribution in [1.82, 2.24) is 4.90 Å². The van der Waals surface area contributed by atoms with Crippen LogP contribution in [0, 0.1) is 0 Å². The van der Waals surface area contributed by atoms with Crippen LogP contribution in [0.1, 0.15) is 0 Å². The standard InChI is InChI=1S/C5H11N2.ClH/c1-6-3-4-7(2)5-6;/h5H,3-4H2,1-2H3;1H/q+1;/p-1. The second kappa shape index (κ2) is 2.92. The van der Waals surface area contributed by atoms with E-state index in [1.807, 2.05) is 0 Å². The Hall–Kier alpha value is -0.240. The van der Waals surface area contributed by atoms with Crippen LogP contribution in [0.4, 0.5) is 0 Å². The molecule has 0 radical (unpaired) electrons. The highest BCUT2D eigenvalue weighted by molar-refractivity contribution is 5.49. The minimum absolute atomic E-state index is 0. The lowest BCUT2D eigenvalue weighted by atomic mass is 10.6. The van der Waals surface area contributed by atoms with E-state index in [2.05, 4.69) is 29.9 Å². The van der Waals surface area contributed by atoms with Gasteiger partial charge >= 0.3 is 0 Å². The van der Waals surface area contributed by atoms with E-state index >= 15 is 0 Å². The molecule has 0 aromatic rings. The fraction of sp³-hybridized carbons (Fsp3) is 0.800. The zero-order valence-corrected chi connectivity index (χ0v) is 6.02. The Morgan fingerprint density at radius 2 is 2.25 bits per heavy atom. The minimum atomic E-state index is 0. The molecule has 8 heavy (non-hydrogen) atoms. The summed E-state index contributed by atoms with van der Waals surface area (Å²) in [4.78, 5) is 2.18. The fourth-order valence-electron chi connectivity index (χ4n) is 0.767. The second-order valence-corrected chi connectivity index (χ2v) is 2.08. The van der Waals surface area contributed by atoms with Crippen LogP contribution in [-0.4, -0.2) is 43.0 Å². The molecule has 0 unspecified atom stereocenters. The molecule has 0 atom stereocenters. The van der Waals surface area contributed by atoms with Crippen LogP contribution in [-0.2, 0) is 0 Å². The third-order valence-corrected chi connectivity index (χ3v) is 1.20. The highest BCUT2D eigenvalue weighted by Gasteiger charge is 2.08. The molecule has 0 N–H and O–H groups in total. The van der Waals surface area contributed by atoms with Gasteiger partial charge in [0.15, 0.2) is 0 Å². The predicted molar refractivity (Wildman–Crippen MR) is 29.7 cm³/mol. The highest BCUT2D eigenvalue weighted by atomic mass is 35.5. The first-order valence-corrected chi connectivity index (χ1v) is 2.54. The van der Waals surface area contributed by atoms with Crippen molar-refractivity contribution in [2.45, 2.75) is 0 Å². The molecule has 1 heterocycles. The molecule has 1 aliphatic heterocycles. The van der Waals surface area contributed by atoms with Gasteiger partial charge in [-0.15, -0.1) is 0 Å². The molecule has 0 bridgehead atoms. The van der Waals surface area contributed by atoms with Crippen LogP contribution in [0.25, 0.3) is 0 Å². The number of hydrogen-bond acceptors (Lipinski definition) is 1. The zero-order valence-electron chi connectivity index (χ0n) is 5.26. The van der Waals surface area contributed by atoms with Crippen molar-refractivity contribution < 1.29 is 17.0 Å². The average Bonchev–Trinajstić information content (AvgIpc) is 1.87. The molecule has 1 rings (SSSR count). The van der Waals surface area contributed by atoms with Gasteiger partial charge in [-0.1, -0.05) is 0 Å². The van der Waals surface area contributed by atoms with Crippen LogP contribution in [0.3, 0.4) is 0 Å². The molecule has 0 saturated heterocycles. The molecule has 0 fully saturated rings. The lowest BCUT2D eigenvalue weighted by Crippen LogP contribution is -3.00. The Morgan fingerprint density at radius 3 is 2.38 bits per heavy atom. The van der Waals surface area contributed by atoms with Crippen LogP contribution < -0.4 is 12.4 Å². The maximum atomic E-state index is 2.18. The van der Waals surface area contributed by atoms with Crippen LogP contribution in [0.2, 0.25) is 0 Å². The first-order valence-electron chi connectivity index (χ1n) is 2.54. The molecular formula is C5H11ClN2. The molecule has 3 heteroatoms. The summed E-state index contributed by atoms with van der Waals surface area (Å²) in [6.45, 7) is 2.35. The van der Waals surface area contributed by atoms with Gasteiger partial charge in [-0.05, 0) is 0 Å². The summed E-state index contributed by atoms with van der Waals surface area (Å²) >= 11 is 0. The van der Waals surface area contributed by atoms with Crippen molar-refractivity contribution in [3.05, 3.63) is 0 Å². The highest BCUT2D eigenvalue weighted by Crippen LogP contribution is 1.83. The summed E-state index contributed by atoms with van der Waals surface area (Å²) in [5.74, 6) is 0. The minimum Gasteiger partial charge on any atom is -1.00 e. The van der Waals surface area contributed by atoms with E-state index in [1.165, 1.54) is 13.1 Å². The Bertz CT molecular complexity index is 101. The predicted octanol–water partition coefficient (Wildman–Crippen LogP) is -3.39. The molecule has 0 aromatic heterocycles. The lowest BCUT2D eigenvalue weighted by molar-refractivity contribution is -0.482. The maximum Gasteiger partial charge on any atom is 0.233 e. The van der Waals surface area contributed by atoms with E-state index in [4.69, 9.17) is 0 Å². The first-order chi connectivity index (χ1) is 3.29. The van der Waals surface area contributed by atoms with Crippen molar-refractivity contribution in [2.24, 2.45) is 0 Å². The summed E-state index contributed by atoms with van der Waals surface area (Å²) in [6, 6.07) is 0. The van der Waals surface area contributed by atoms with E-state index in [1.54, 1.807) is 0 Å². The number of rotatable bonds is 0. The monoisotopic (exact) mass is 134 g/mol. The second-order valence-electron chi connectivity index (χ2n) is 2.08. The van der Waals surface area contributed by atoms with Crippen molar-refractivity contribution in [1.29, 1.82) is 0 Å². The van der Waals surface area contributed by atoms with Crippen molar-refractivity contribution >= 4 is 6.34 Å². The van der Waals surface area contributed by atoms with Crippen LogP contribution in [0.15, 0.2) is 0 Å². The molecule has 2 nitrogen and oxygen atoms in total. The number of likely N-dealkylation sites (N-methyl/N-ethyl adjacent to an activating group) is 2. The Morgan fingerprint density at radius 1 is 1.62 bits per heavy atom. The molecule has 0 spiro atoms. The van der Waals surface area contributed by atoms with Crippen LogP contribution in [0.5, 0.6) is 0 Å². The van der Waals surface area contributed by atoms with E-state index in [9.17, 15) is 0 Å². The van der Waals surface area contributed by atoms with Gasteiger partial charge in [0.25, 0.3) is 0 Å². The van der Waals surface area contributed by atoms with Crippen molar-refractivity contribution in [3.63, 3.8) is 0 Å². The Kier molecular flexibility index (Phi) is 2.84. The van der Waals surface area contributed by atoms with Crippen molar-refractivity contribution in [2.75, 3.05) is 27.2 Å². The SMILES string of the molecule is CN1C=[N+](C)CC1.[Cl-]. The smallest absolute Gasteiger partial charge is 0.233 e. The van der Waals surface area contributed by atoms with Gasteiger partial charge in [-0.2, -0.15) is 0 Å². The molecule has 48 valence electrons. The van der Waals surface area contributed by atoms with Crippen LogP contribution >= 0.6 is 0 Å². The van der Waals surface area contributed by atoms with Gasteiger partial charge in [0.05, 0.1) is 14.1 Å². The van der Waals surface area contributed by atoms with Gasteiger partial charge in [-0.25, -0.2) is 0 Å². The van der Waals surface area contributed by atoms with Gasteiger partial charge < -0.3 is 12.4 Å². The topological polar surface area (TPSA) is 6.25 Å². The Balaban J connectivity index is 0.000000490. The zero-order chi connectivity index (χ0) is 5.28. The quantitative estimate of drug-likeness (QED) is 0.313. The van der Waals surface area contributed by atoms with E-state index in [-0.39, 0.29) is 12.4 Å². The van der Waals surface area contributed by atoms with Gasteiger partial charge in [0.2, 0.25) is 6.34 Å². The average molecular weight is 135 g/mol. The van der Waals surface area contributed by atoms with E-state index < -0.39 is 0 Å². The number of nitrogens with zero attached hydrogens (tertiary/aromatic N) is 2. The molecule has 0 aliphatic carbocycles. The van der Waals surface area contributed by atoms with Gasteiger partial charge in [0, 0.05) is 0 Å². The molecule has 0 saturated carbocycles. The summed E-state index contributed by atoms with van der Waals surface area (Å²) in [7, 11) is 4.17. The number of hydrogen-bond donors (Lipinski definition) is 0. The molecule has 0 aromatic carbocycles. The normalized spacial score (nSPS) is 17.8. The largest absolute Gasteiger partial charge is 1.00 e. The molecule has 0 amide bonds. The third kappa shape index (κ3) is 1.70. The van der Waals surface area contributed by atoms with Gasteiger partial charge in [0.1, 0.15) is 13.1 Å². The lowest BCUT2D eigenvalue weighted by Gasteiger charge is -1.90. The maximum absolute atomic E-state index is 2.18. The van der Waals surface area contributed by atoms with E-state index in [0.717, 1.165) is 0 Å². The summed E-state index contributed by atoms with van der Waals surface area (Å²) in [5.41, 5.74) is 0. The van der Waals surface area contributed by atoms with Crippen molar-refractivity contribution in [3.8, 4) is 0 Å². The molecule has 1 aliphatic rings. The molecular weight excluding hydrogens is 124 g/mol.